The van der Waals surface area contributed by atoms with Gasteiger partial charge in [-0.3, -0.25) is 4.90 Å². The molecule has 0 spiro atoms. The van der Waals surface area contributed by atoms with Crippen molar-refractivity contribution in [2.45, 2.75) is 6.54 Å². The number of hydrogen-bond acceptors (Lipinski definition) is 3. The van der Waals surface area contributed by atoms with E-state index in [2.05, 4.69) is 29.2 Å². The van der Waals surface area contributed by atoms with E-state index in [9.17, 15) is 5.11 Å². The molecule has 0 atom stereocenters. The topological polar surface area (TPSA) is 32.7 Å². The second-order valence-corrected chi connectivity index (χ2v) is 5.14. The van der Waals surface area contributed by atoms with Gasteiger partial charge in [0, 0.05) is 19.6 Å². The van der Waals surface area contributed by atoms with E-state index in [-0.39, 0.29) is 0 Å². The molecule has 3 nitrogen and oxygen atoms in total. The number of hydrogen-bond donors (Lipinski definition) is 1. The Kier molecular flexibility index (Phi) is 4.00. The summed E-state index contributed by atoms with van der Waals surface area (Å²) in [4.78, 5) is 2.41. The first-order chi connectivity index (χ1) is 9.81. The maximum absolute atomic E-state index is 9.53. The van der Waals surface area contributed by atoms with Crippen LogP contribution in [0.1, 0.15) is 5.56 Å². The standard InChI is InChI=1S/C17H19NO2/c19-17-3-1-2-16(12-17)15-6-4-14(5-7-15)13-18-8-10-20-11-9-18/h1-7,12,19H,8-11,13H2. The van der Waals surface area contributed by atoms with E-state index in [1.807, 2.05) is 12.1 Å². The lowest BCUT2D eigenvalue weighted by atomic mass is 10.0. The quantitative estimate of drug-likeness (QED) is 0.930. The summed E-state index contributed by atoms with van der Waals surface area (Å²) in [6, 6.07) is 15.9. The molecular formula is C17H19NO2. The third kappa shape index (κ3) is 3.18. The average molecular weight is 269 g/mol. The van der Waals surface area contributed by atoms with Crippen LogP contribution in [0.4, 0.5) is 0 Å². The highest BCUT2D eigenvalue weighted by Crippen LogP contribution is 2.23. The lowest BCUT2D eigenvalue weighted by Gasteiger charge is -2.26. The first-order valence-electron chi connectivity index (χ1n) is 7.00. The van der Waals surface area contributed by atoms with Crippen LogP contribution in [0.25, 0.3) is 11.1 Å². The lowest BCUT2D eigenvalue weighted by Crippen LogP contribution is -2.35. The van der Waals surface area contributed by atoms with E-state index in [0.29, 0.717) is 5.75 Å². The molecular weight excluding hydrogens is 250 g/mol. The molecule has 20 heavy (non-hydrogen) atoms. The van der Waals surface area contributed by atoms with Gasteiger partial charge in [-0.25, -0.2) is 0 Å². The molecule has 0 radical (unpaired) electrons. The Morgan fingerprint density at radius 1 is 0.950 bits per heavy atom. The zero-order valence-corrected chi connectivity index (χ0v) is 11.5. The number of phenols is 1. The first-order valence-corrected chi connectivity index (χ1v) is 7.00. The normalized spacial score (nSPS) is 16.2. The average Bonchev–Trinajstić information content (AvgIpc) is 2.49. The van der Waals surface area contributed by atoms with Crippen LogP contribution in [0.15, 0.2) is 48.5 Å². The predicted molar refractivity (Wildman–Crippen MR) is 79.6 cm³/mol. The van der Waals surface area contributed by atoms with Crippen LogP contribution >= 0.6 is 0 Å². The molecule has 0 amide bonds. The van der Waals surface area contributed by atoms with Crippen LogP contribution in [0.3, 0.4) is 0 Å². The molecule has 0 saturated carbocycles. The molecule has 1 aliphatic rings. The molecule has 0 aliphatic carbocycles. The Morgan fingerprint density at radius 2 is 1.70 bits per heavy atom. The lowest BCUT2D eigenvalue weighted by molar-refractivity contribution is 0.0342. The summed E-state index contributed by atoms with van der Waals surface area (Å²) in [6.07, 6.45) is 0. The van der Waals surface area contributed by atoms with Crippen LogP contribution < -0.4 is 0 Å². The van der Waals surface area contributed by atoms with Gasteiger partial charge in [0.1, 0.15) is 5.75 Å². The van der Waals surface area contributed by atoms with E-state index < -0.39 is 0 Å². The number of ether oxygens (including phenoxy) is 1. The van der Waals surface area contributed by atoms with Gasteiger partial charge >= 0.3 is 0 Å². The van der Waals surface area contributed by atoms with Crippen molar-refractivity contribution in [3.05, 3.63) is 54.1 Å². The number of benzene rings is 2. The van der Waals surface area contributed by atoms with E-state index in [1.54, 1.807) is 12.1 Å². The predicted octanol–water partition coefficient (Wildman–Crippen LogP) is 2.89. The van der Waals surface area contributed by atoms with Crippen LogP contribution in [0, 0.1) is 0 Å². The Labute approximate surface area is 119 Å². The minimum Gasteiger partial charge on any atom is -0.508 e. The highest BCUT2D eigenvalue weighted by Gasteiger charge is 2.10. The molecule has 3 heteroatoms. The van der Waals surface area contributed by atoms with Gasteiger partial charge in [-0.05, 0) is 28.8 Å². The molecule has 0 unspecified atom stereocenters. The Hall–Kier alpha value is -1.84. The van der Waals surface area contributed by atoms with E-state index in [1.165, 1.54) is 5.56 Å². The van der Waals surface area contributed by atoms with Crippen molar-refractivity contribution in [1.29, 1.82) is 0 Å². The summed E-state index contributed by atoms with van der Waals surface area (Å²) in [7, 11) is 0. The largest absolute Gasteiger partial charge is 0.508 e. The molecule has 1 aliphatic heterocycles. The van der Waals surface area contributed by atoms with E-state index in [4.69, 9.17) is 4.74 Å². The summed E-state index contributed by atoms with van der Waals surface area (Å²) >= 11 is 0. The van der Waals surface area contributed by atoms with Gasteiger partial charge in [-0.15, -0.1) is 0 Å². The fourth-order valence-electron chi connectivity index (χ4n) is 2.51. The third-order valence-corrected chi connectivity index (χ3v) is 3.64. The molecule has 1 heterocycles. The molecule has 1 N–H and O–H groups in total. The van der Waals surface area contributed by atoms with Crippen molar-refractivity contribution in [3.8, 4) is 16.9 Å². The minimum atomic E-state index is 0.305. The van der Waals surface area contributed by atoms with Crippen molar-refractivity contribution < 1.29 is 9.84 Å². The van der Waals surface area contributed by atoms with Crippen molar-refractivity contribution in [2.75, 3.05) is 26.3 Å². The van der Waals surface area contributed by atoms with Crippen molar-refractivity contribution in [1.82, 2.24) is 4.90 Å². The number of morpholine rings is 1. The molecule has 0 aromatic heterocycles. The van der Waals surface area contributed by atoms with E-state index >= 15 is 0 Å². The van der Waals surface area contributed by atoms with Crippen LogP contribution in [0.2, 0.25) is 0 Å². The van der Waals surface area contributed by atoms with Gasteiger partial charge in [-0.1, -0.05) is 36.4 Å². The van der Waals surface area contributed by atoms with Crippen molar-refractivity contribution in [2.24, 2.45) is 0 Å². The van der Waals surface area contributed by atoms with Crippen LogP contribution in [-0.4, -0.2) is 36.3 Å². The smallest absolute Gasteiger partial charge is 0.116 e. The Bertz CT molecular complexity index is 559. The molecule has 0 bridgehead atoms. The summed E-state index contributed by atoms with van der Waals surface area (Å²) in [6.45, 7) is 4.66. The zero-order valence-electron chi connectivity index (χ0n) is 11.5. The maximum atomic E-state index is 9.53. The summed E-state index contributed by atoms with van der Waals surface area (Å²) in [5.74, 6) is 0.305. The summed E-state index contributed by atoms with van der Waals surface area (Å²) in [5.41, 5.74) is 3.49. The second kappa shape index (κ2) is 6.07. The van der Waals surface area contributed by atoms with Gasteiger partial charge in [0.05, 0.1) is 13.2 Å². The molecule has 104 valence electrons. The maximum Gasteiger partial charge on any atom is 0.116 e. The highest BCUT2D eigenvalue weighted by atomic mass is 16.5. The van der Waals surface area contributed by atoms with Crippen molar-refractivity contribution >= 4 is 0 Å². The first kappa shape index (κ1) is 13.2. The second-order valence-electron chi connectivity index (χ2n) is 5.14. The fraction of sp³-hybridized carbons (Fsp3) is 0.294. The molecule has 1 saturated heterocycles. The summed E-state index contributed by atoms with van der Waals surface area (Å²) in [5, 5.41) is 9.53. The number of aromatic hydroxyl groups is 1. The molecule has 2 aromatic carbocycles. The fourth-order valence-corrected chi connectivity index (χ4v) is 2.51. The monoisotopic (exact) mass is 269 g/mol. The van der Waals surface area contributed by atoms with E-state index in [0.717, 1.165) is 44.0 Å². The number of phenolic OH excluding ortho intramolecular Hbond substituents is 1. The van der Waals surface area contributed by atoms with Gasteiger partial charge in [0.25, 0.3) is 0 Å². The van der Waals surface area contributed by atoms with Gasteiger partial charge < -0.3 is 9.84 Å². The highest BCUT2D eigenvalue weighted by molar-refractivity contribution is 5.65. The van der Waals surface area contributed by atoms with Crippen LogP contribution in [-0.2, 0) is 11.3 Å². The Balaban J connectivity index is 1.71. The van der Waals surface area contributed by atoms with Gasteiger partial charge in [0.15, 0.2) is 0 Å². The molecule has 2 aromatic rings. The van der Waals surface area contributed by atoms with Crippen molar-refractivity contribution in [3.63, 3.8) is 0 Å². The number of nitrogens with zero attached hydrogens (tertiary/aromatic N) is 1. The zero-order chi connectivity index (χ0) is 13.8. The van der Waals surface area contributed by atoms with Crippen LogP contribution in [0.5, 0.6) is 5.75 Å². The minimum absolute atomic E-state index is 0.305. The SMILES string of the molecule is Oc1cccc(-c2ccc(CN3CCOCC3)cc2)c1. The summed E-state index contributed by atoms with van der Waals surface area (Å²) < 4.78 is 5.36. The Morgan fingerprint density at radius 3 is 2.40 bits per heavy atom. The molecule has 3 rings (SSSR count). The van der Waals surface area contributed by atoms with Gasteiger partial charge in [0.2, 0.25) is 0 Å². The van der Waals surface area contributed by atoms with Gasteiger partial charge in [-0.2, -0.15) is 0 Å². The number of rotatable bonds is 3. The third-order valence-electron chi connectivity index (χ3n) is 3.64. The molecule has 1 fully saturated rings.